The van der Waals surface area contributed by atoms with Crippen molar-refractivity contribution in [3.63, 3.8) is 0 Å². The van der Waals surface area contributed by atoms with E-state index in [-0.39, 0.29) is 11.5 Å². The third kappa shape index (κ3) is 7.11. The summed E-state index contributed by atoms with van der Waals surface area (Å²) in [6.45, 7) is 8.21. The smallest absolute Gasteiger partial charge is 0.221 e. The van der Waals surface area contributed by atoms with Gasteiger partial charge in [0.2, 0.25) is 5.91 Å². The Morgan fingerprint density at radius 2 is 2.03 bits per heavy atom. The number of anilines is 1. The van der Waals surface area contributed by atoms with E-state index in [2.05, 4.69) is 31.1 Å². The molecule has 1 amide bonds. The molecule has 0 bridgehead atoms. The number of nitrogens with two attached hydrogens (primary N) is 1. The highest BCUT2D eigenvalue weighted by Crippen LogP contribution is 2.40. The lowest BCUT2D eigenvalue weighted by molar-refractivity contribution is -0.120. The number of hydrogen-bond donors (Lipinski definition) is 2. The molecule has 0 fully saturated rings. The lowest BCUT2D eigenvalue weighted by Crippen LogP contribution is -2.31. The van der Waals surface area contributed by atoms with Crippen molar-refractivity contribution in [2.45, 2.75) is 83.2 Å². The quantitative estimate of drug-likeness (QED) is 0.172. The van der Waals surface area contributed by atoms with Crippen molar-refractivity contribution >= 4 is 45.0 Å². The number of carbonyl (C=O) groups is 1. The Morgan fingerprint density at radius 3 is 2.81 bits per heavy atom. The number of carbonyl (C=O) groups excluding carboxylic acids is 1. The maximum atomic E-state index is 12.3. The normalized spacial score (nSPS) is 14.5. The van der Waals surface area contributed by atoms with E-state index in [4.69, 9.17) is 20.2 Å². The number of fused-ring (bicyclic) bond motifs is 3. The largest absolute Gasteiger partial charge is 0.494 e. The number of nitrogen functional groups attached to an aromatic ring is 1. The molecular weight excluding hydrogens is 492 g/mol. The molecule has 3 heterocycles. The number of thiophene rings is 1. The molecule has 7 nitrogen and oxygen atoms in total. The molecule has 0 saturated heterocycles. The lowest BCUT2D eigenvalue weighted by Gasteiger charge is -2.30. The minimum absolute atomic E-state index is 0.00114. The van der Waals surface area contributed by atoms with Crippen LogP contribution in [0.4, 0.5) is 5.82 Å². The van der Waals surface area contributed by atoms with Crippen LogP contribution in [-0.4, -0.2) is 33.8 Å². The number of hydrogen-bond acceptors (Lipinski definition) is 8. The lowest BCUT2D eigenvalue weighted by atomic mass is 9.94. The molecule has 0 unspecified atom stereocenters. The summed E-state index contributed by atoms with van der Waals surface area (Å²) < 4.78 is 11.7. The van der Waals surface area contributed by atoms with E-state index in [0.29, 0.717) is 36.3 Å². The van der Waals surface area contributed by atoms with Crippen molar-refractivity contribution in [2.75, 3.05) is 18.1 Å². The zero-order chi connectivity index (χ0) is 25.5. The van der Waals surface area contributed by atoms with Gasteiger partial charge >= 0.3 is 0 Å². The van der Waals surface area contributed by atoms with Gasteiger partial charge in [0.05, 0.1) is 24.2 Å². The number of rotatable bonds is 12. The maximum Gasteiger partial charge on any atom is 0.221 e. The molecule has 194 valence electrons. The Bertz CT molecular complexity index is 1180. The van der Waals surface area contributed by atoms with Crippen LogP contribution in [0, 0.1) is 0 Å². The summed E-state index contributed by atoms with van der Waals surface area (Å²) in [5.74, 6) is 1.97. The van der Waals surface area contributed by atoms with Crippen LogP contribution in [0.5, 0.6) is 5.75 Å². The van der Waals surface area contributed by atoms with Crippen LogP contribution in [0.2, 0.25) is 0 Å². The molecular formula is C27H36N4O3S2. The first-order valence-corrected chi connectivity index (χ1v) is 14.5. The molecule has 0 radical (unpaired) electrons. The number of benzene rings is 1. The van der Waals surface area contributed by atoms with Crippen LogP contribution in [-0.2, 0) is 29.1 Å². The molecule has 0 aliphatic carbocycles. The second kappa shape index (κ2) is 12.3. The van der Waals surface area contributed by atoms with Gasteiger partial charge in [0, 0.05) is 30.0 Å². The predicted molar refractivity (Wildman–Crippen MR) is 148 cm³/mol. The number of ether oxygens (including phenoxy) is 2. The minimum atomic E-state index is -0.210. The summed E-state index contributed by atoms with van der Waals surface area (Å²) in [6, 6.07) is 7.92. The summed E-state index contributed by atoms with van der Waals surface area (Å²) in [6.07, 6.45) is 5.95. The highest BCUT2D eigenvalue weighted by Gasteiger charge is 2.30. The molecule has 0 spiro atoms. The van der Waals surface area contributed by atoms with Crippen LogP contribution in [0.25, 0.3) is 10.2 Å². The Kier molecular flexibility index (Phi) is 9.09. The zero-order valence-corrected chi connectivity index (χ0v) is 23.0. The van der Waals surface area contributed by atoms with Gasteiger partial charge in [-0.2, -0.15) is 0 Å². The molecule has 3 aromatic rings. The van der Waals surface area contributed by atoms with Crippen LogP contribution in [0.3, 0.4) is 0 Å². The summed E-state index contributed by atoms with van der Waals surface area (Å²) in [5.41, 5.74) is 8.38. The molecule has 36 heavy (non-hydrogen) atoms. The van der Waals surface area contributed by atoms with Crippen molar-refractivity contribution < 1.29 is 14.3 Å². The number of aromatic nitrogens is 2. The van der Waals surface area contributed by atoms with E-state index >= 15 is 0 Å². The van der Waals surface area contributed by atoms with Crippen molar-refractivity contribution in [3.8, 4) is 5.75 Å². The first kappa shape index (κ1) is 26.7. The molecule has 2 aromatic heterocycles. The second-order valence-corrected chi connectivity index (χ2v) is 11.9. The molecule has 0 saturated carbocycles. The second-order valence-electron chi connectivity index (χ2n) is 9.73. The molecule has 1 aliphatic rings. The van der Waals surface area contributed by atoms with E-state index in [0.717, 1.165) is 41.0 Å². The van der Waals surface area contributed by atoms with Crippen molar-refractivity contribution in [3.05, 3.63) is 40.3 Å². The van der Waals surface area contributed by atoms with Gasteiger partial charge in [0.15, 0.2) is 5.16 Å². The van der Waals surface area contributed by atoms with E-state index in [1.165, 1.54) is 41.5 Å². The fourth-order valence-electron chi connectivity index (χ4n) is 4.16. The summed E-state index contributed by atoms with van der Waals surface area (Å²) in [5, 5.41) is 4.55. The monoisotopic (exact) mass is 528 g/mol. The average Bonchev–Trinajstić information content (AvgIpc) is 3.20. The Hall–Kier alpha value is -2.36. The van der Waals surface area contributed by atoms with Crippen molar-refractivity contribution in [1.29, 1.82) is 0 Å². The number of nitrogens with one attached hydrogen (secondary N) is 1. The topological polar surface area (TPSA) is 99.4 Å². The van der Waals surface area contributed by atoms with Gasteiger partial charge in [-0.3, -0.25) is 4.79 Å². The van der Waals surface area contributed by atoms with E-state index in [1.807, 2.05) is 24.3 Å². The number of amides is 1. The third-order valence-electron chi connectivity index (χ3n) is 6.18. The molecule has 9 heteroatoms. The zero-order valence-electron chi connectivity index (χ0n) is 21.4. The summed E-state index contributed by atoms with van der Waals surface area (Å²) >= 11 is 3.08. The third-order valence-corrected chi connectivity index (χ3v) is 8.13. The van der Waals surface area contributed by atoms with Gasteiger partial charge in [-0.1, -0.05) is 50.1 Å². The highest BCUT2D eigenvalue weighted by molar-refractivity contribution is 7.99. The van der Waals surface area contributed by atoms with Gasteiger partial charge in [-0.15, -0.1) is 11.3 Å². The summed E-state index contributed by atoms with van der Waals surface area (Å²) in [7, 11) is 0. The predicted octanol–water partition coefficient (Wildman–Crippen LogP) is 5.88. The van der Waals surface area contributed by atoms with E-state index < -0.39 is 0 Å². The standard InChI is InChI=1S/C27H36N4O3S2/c1-4-5-6-7-13-33-19-10-8-18(9-11-19)16-29-22(32)12-14-35-26-30-24(28)23-20-15-27(2,3)34-17-21(20)36-25(23)31-26/h8-11H,4-7,12-17H2,1-3H3,(H,29,32)(H2,28,30,31). The molecule has 0 atom stereocenters. The van der Waals surface area contributed by atoms with Crippen molar-refractivity contribution in [1.82, 2.24) is 15.3 Å². The Balaban J connectivity index is 1.22. The average molecular weight is 529 g/mol. The fourth-order valence-corrected chi connectivity index (χ4v) is 6.12. The van der Waals surface area contributed by atoms with E-state index in [9.17, 15) is 4.79 Å². The molecule has 1 aliphatic heterocycles. The minimum Gasteiger partial charge on any atom is -0.494 e. The van der Waals surface area contributed by atoms with Gasteiger partial charge in [0.1, 0.15) is 16.4 Å². The first-order chi connectivity index (χ1) is 17.3. The van der Waals surface area contributed by atoms with Crippen LogP contribution in [0.15, 0.2) is 29.4 Å². The Labute approximate surface area is 221 Å². The number of unbranched alkanes of at least 4 members (excludes halogenated alkanes) is 3. The number of nitrogens with zero attached hydrogens (tertiary/aromatic N) is 2. The Morgan fingerprint density at radius 1 is 1.22 bits per heavy atom. The maximum absolute atomic E-state index is 12.3. The van der Waals surface area contributed by atoms with Crippen molar-refractivity contribution in [2.24, 2.45) is 0 Å². The first-order valence-electron chi connectivity index (χ1n) is 12.7. The molecule has 3 N–H and O–H groups in total. The summed E-state index contributed by atoms with van der Waals surface area (Å²) in [4.78, 5) is 23.7. The fraction of sp³-hybridized carbons (Fsp3) is 0.519. The van der Waals surface area contributed by atoms with Crippen LogP contribution >= 0.6 is 23.1 Å². The molecule has 4 rings (SSSR count). The van der Waals surface area contributed by atoms with Crippen LogP contribution in [0.1, 0.15) is 68.9 Å². The van der Waals surface area contributed by atoms with Gasteiger partial charge < -0.3 is 20.5 Å². The van der Waals surface area contributed by atoms with Gasteiger partial charge in [-0.25, -0.2) is 9.97 Å². The van der Waals surface area contributed by atoms with Gasteiger partial charge in [0.25, 0.3) is 0 Å². The highest BCUT2D eigenvalue weighted by atomic mass is 32.2. The number of thioether (sulfide) groups is 1. The molecule has 1 aromatic carbocycles. The van der Waals surface area contributed by atoms with Gasteiger partial charge in [-0.05, 0) is 43.5 Å². The van der Waals surface area contributed by atoms with Crippen LogP contribution < -0.4 is 15.8 Å². The SMILES string of the molecule is CCCCCCOc1ccc(CNC(=O)CCSc2nc(N)c3c4c(sc3n2)COC(C)(C)C4)cc1. The van der Waals surface area contributed by atoms with E-state index in [1.54, 1.807) is 11.3 Å².